The van der Waals surface area contributed by atoms with Gasteiger partial charge in [-0.25, -0.2) is 13.2 Å². The Labute approximate surface area is 140 Å². The average molecular weight is 362 g/mol. The van der Waals surface area contributed by atoms with Crippen LogP contribution in [0.3, 0.4) is 0 Å². The van der Waals surface area contributed by atoms with Crippen molar-refractivity contribution in [3.8, 4) is 0 Å². The molecule has 0 aliphatic carbocycles. The van der Waals surface area contributed by atoms with E-state index in [-0.39, 0.29) is 15.7 Å². The highest BCUT2D eigenvalue weighted by molar-refractivity contribution is 7.89. The summed E-state index contributed by atoms with van der Waals surface area (Å²) >= 11 is 0.978. The van der Waals surface area contributed by atoms with Gasteiger partial charge in [-0.05, 0) is 12.0 Å². The summed E-state index contributed by atoms with van der Waals surface area (Å²) in [7, 11) is -3.63. The summed E-state index contributed by atoms with van der Waals surface area (Å²) in [6, 6.07) is 0.264. The Morgan fingerprint density at radius 3 is 2.30 bits per heavy atom. The number of sulfonamides is 1. The topological polar surface area (TPSA) is 104 Å². The van der Waals surface area contributed by atoms with E-state index in [4.69, 9.17) is 5.11 Å². The summed E-state index contributed by atoms with van der Waals surface area (Å²) in [5.74, 6) is -1.99. The minimum absolute atomic E-state index is 0.0489. The van der Waals surface area contributed by atoms with Crippen molar-refractivity contribution >= 4 is 33.2 Å². The molecule has 0 radical (unpaired) electrons. The zero-order valence-corrected chi connectivity index (χ0v) is 15.2. The molecule has 7 nitrogen and oxygen atoms in total. The van der Waals surface area contributed by atoms with Gasteiger partial charge in [0, 0.05) is 18.5 Å². The lowest BCUT2D eigenvalue weighted by Crippen LogP contribution is -2.44. The SMILES string of the molecule is CCN(CC)S(=O)(=O)c1csc(C(=O)N[C@@H](C(=O)O)C(C)C)c1. The number of carbonyl (C=O) groups excluding carboxylic acids is 1. The van der Waals surface area contributed by atoms with Gasteiger partial charge in [-0.3, -0.25) is 4.79 Å². The van der Waals surface area contributed by atoms with Crippen molar-refractivity contribution in [2.45, 2.75) is 38.6 Å². The smallest absolute Gasteiger partial charge is 0.326 e. The van der Waals surface area contributed by atoms with E-state index in [1.54, 1.807) is 27.7 Å². The minimum Gasteiger partial charge on any atom is -0.480 e. The molecule has 0 saturated carbocycles. The molecular formula is C14H22N2O5S2. The fraction of sp³-hybridized carbons (Fsp3) is 0.571. The highest BCUT2D eigenvalue weighted by Crippen LogP contribution is 2.23. The van der Waals surface area contributed by atoms with Crippen molar-refractivity contribution in [2.75, 3.05) is 13.1 Å². The van der Waals surface area contributed by atoms with Gasteiger partial charge in [0.05, 0.1) is 9.77 Å². The molecule has 0 fully saturated rings. The molecule has 1 amide bonds. The summed E-state index contributed by atoms with van der Waals surface area (Å²) in [5, 5.41) is 12.9. The quantitative estimate of drug-likeness (QED) is 0.731. The molecule has 1 rings (SSSR count). The van der Waals surface area contributed by atoms with E-state index in [0.29, 0.717) is 13.1 Å². The first-order valence-corrected chi connectivity index (χ1v) is 9.59. The Bertz CT molecular complexity index is 662. The number of carboxylic acids is 1. The number of amides is 1. The summed E-state index contributed by atoms with van der Waals surface area (Å²) in [6.07, 6.45) is 0. The third-order valence-corrected chi connectivity index (χ3v) is 6.47. The largest absolute Gasteiger partial charge is 0.480 e. The Kier molecular flexibility index (Phi) is 6.72. The monoisotopic (exact) mass is 362 g/mol. The van der Waals surface area contributed by atoms with Crippen molar-refractivity contribution in [1.82, 2.24) is 9.62 Å². The number of hydrogen-bond acceptors (Lipinski definition) is 5. The summed E-state index contributed by atoms with van der Waals surface area (Å²) < 4.78 is 26.0. The van der Waals surface area contributed by atoms with Crippen LogP contribution in [0.1, 0.15) is 37.4 Å². The van der Waals surface area contributed by atoms with Crippen LogP contribution in [0.25, 0.3) is 0 Å². The first kappa shape index (κ1) is 19.6. The second-order valence-electron chi connectivity index (χ2n) is 5.27. The van der Waals surface area contributed by atoms with Crippen LogP contribution in [-0.4, -0.2) is 48.8 Å². The van der Waals surface area contributed by atoms with Gasteiger partial charge in [-0.15, -0.1) is 11.3 Å². The highest BCUT2D eigenvalue weighted by atomic mass is 32.2. The molecule has 0 unspecified atom stereocenters. The standard InChI is InChI=1S/C14H22N2O5S2/c1-5-16(6-2)23(20,21)10-7-11(22-8-10)13(17)15-12(9(3)4)14(18)19/h7-9,12H,5-6H2,1-4H3,(H,15,17)(H,18,19)/t12-/m1/s1. The van der Waals surface area contributed by atoms with Crippen molar-refractivity contribution < 1.29 is 23.1 Å². The van der Waals surface area contributed by atoms with E-state index in [1.165, 1.54) is 15.8 Å². The normalized spacial score (nSPS) is 13.3. The van der Waals surface area contributed by atoms with Gasteiger partial charge in [-0.1, -0.05) is 27.7 Å². The van der Waals surface area contributed by atoms with Gasteiger partial charge >= 0.3 is 5.97 Å². The Balaban J connectivity index is 3.00. The van der Waals surface area contributed by atoms with Crippen LogP contribution in [0.2, 0.25) is 0 Å². The number of hydrogen-bond donors (Lipinski definition) is 2. The molecule has 9 heteroatoms. The molecule has 2 N–H and O–H groups in total. The molecule has 1 heterocycles. The lowest BCUT2D eigenvalue weighted by atomic mass is 10.0. The molecule has 0 spiro atoms. The maximum absolute atomic E-state index is 12.4. The van der Waals surface area contributed by atoms with Gasteiger partial charge in [0.1, 0.15) is 6.04 Å². The van der Waals surface area contributed by atoms with E-state index in [9.17, 15) is 18.0 Å². The number of aliphatic carboxylic acids is 1. The fourth-order valence-electron chi connectivity index (χ4n) is 2.01. The summed E-state index contributed by atoms with van der Waals surface area (Å²) in [6.45, 7) is 7.52. The van der Waals surface area contributed by atoms with E-state index >= 15 is 0 Å². The predicted octanol–water partition coefficient (Wildman–Crippen LogP) is 1.62. The average Bonchev–Trinajstić information content (AvgIpc) is 2.95. The molecule has 130 valence electrons. The van der Waals surface area contributed by atoms with Crippen LogP contribution in [0, 0.1) is 5.92 Å². The van der Waals surface area contributed by atoms with E-state index in [2.05, 4.69) is 5.32 Å². The number of rotatable bonds is 8. The molecule has 0 aliphatic rings. The Morgan fingerprint density at radius 2 is 1.87 bits per heavy atom. The van der Waals surface area contributed by atoms with Crippen molar-refractivity contribution in [3.05, 3.63) is 16.3 Å². The first-order chi connectivity index (χ1) is 10.6. The van der Waals surface area contributed by atoms with Crippen LogP contribution in [-0.2, 0) is 14.8 Å². The van der Waals surface area contributed by atoms with Gasteiger partial charge in [0.25, 0.3) is 5.91 Å². The van der Waals surface area contributed by atoms with Gasteiger partial charge in [0.2, 0.25) is 10.0 Å². The number of nitrogens with one attached hydrogen (secondary N) is 1. The summed E-state index contributed by atoms with van der Waals surface area (Å²) in [4.78, 5) is 23.5. The lowest BCUT2D eigenvalue weighted by molar-refractivity contribution is -0.140. The predicted molar refractivity (Wildman–Crippen MR) is 88.2 cm³/mol. The minimum atomic E-state index is -3.63. The van der Waals surface area contributed by atoms with Crippen LogP contribution in [0.15, 0.2) is 16.3 Å². The Morgan fingerprint density at radius 1 is 1.30 bits per heavy atom. The van der Waals surface area contributed by atoms with Crippen LogP contribution >= 0.6 is 11.3 Å². The lowest BCUT2D eigenvalue weighted by Gasteiger charge is -2.17. The van der Waals surface area contributed by atoms with Gasteiger partial charge < -0.3 is 10.4 Å². The van der Waals surface area contributed by atoms with E-state index < -0.39 is 27.9 Å². The molecule has 1 atom stereocenters. The molecule has 0 bridgehead atoms. The zero-order valence-electron chi connectivity index (χ0n) is 13.6. The molecule has 0 saturated heterocycles. The van der Waals surface area contributed by atoms with E-state index in [0.717, 1.165) is 11.3 Å². The van der Waals surface area contributed by atoms with Crippen LogP contribution in [0.5, 0.6) is 0 Å². The number of thiophene rings is 1. The molecule has 0 aromatic carbocycles. The van der Waals surface area contributed by atoms with Crippen molar-refractivity contribution in [1.29, 1.82) is 0 Å². The number of carboxylic acid groups (broad SMARTS) is 1. The second kappa shape index (κ2) is 7.89. The molecular weight excluding hydrogens is 340 g/mol. The second-order valence-corrected chi connectivity index (χ2v) is 8.12. The summed E-state index contributed by atoms with van der Waals surface area (Å²) in [5.41, 5.74) is 0. The third-order valence-electron chi connectivity index (χ3n) is 3.36. The Hall–Kier alpha value is -1.45. The third kappa shape index (κ3) is 4.52. The van der Waals surface area contributed by atoms with Crippen LogP contribution < -0.4 is 5.32 Å². The first-order valence-electron chi connectivity index (χ1n) is 7.27. The van der Waals surface area contributed by atoms with Crippen molar-refractivity contribution in [3.63, 3.8) is 0 Å². The number of carbonyl (C=O) groups is 2. The maximum Gasteiger partial charge on any atom is 0.326 e. The zero-order chi connectivity index (χ0) is 17.8. The van der Waals surface area contributed by atoms with Crippen LogP contribution in [0.4, 0.5) is 0 Å². The molecule has 0 aliphatic heterocycles. The van der Waals surface area contributed by atoms with Crippen molar-refractivity contribution in [2.24, 2.45) is 5.92 Å². The molecule has 1 aromatic rings. The highest BCUT2D eigenvalue weighted by Gasteiger charge is 2.27. The number of nitrogens with zero attached hydrogens (tertiary/aromatic N) is 1. The maximum atomic E-state index is 12.4. The fourth-order valence-corrected chi connectivity index (χ4v) is 4.63. The molecule has 23 heavy (non-hydrogen) atoms. The molecule has 1 aromatic heterocycles. The van der Waals surface area contributed by atoms with Gasteiger partial charge in [-0.2, -0.15) is 4.31 Å². The van der Waals surface area contributed by atoms with Gasteiger partial charge in [0.15, 0.2) is 0 Å². The van der Waals surface area contributed by atoms with E-state index in [1.807, 2.05) is 0 Å².